The highest BCUT2D eigenvalue weighted by molar-refractivity contribution is 5.95. The molecule has 0 bridgehead atoms. The van der Waals surface area contributed by atoms with Crippen molar-refractivity contribution in [3.8, 4) is 5.75 Å². The maximum Gasteiger partial charge on any atom is 0.247 e. The number of fused-ring (bicyclic) bond motifs is 1. The second-order valence-electron chi connectivity index (χ2n) is 6.55. The van der Waals surface area contributed by atoms with Gasteiger partial charge in [-0.1, -0.05) is 13.8 Å². The van der Waals surface area contributed by atoms with E-state index < -0.39 is 0 Å². The van der Waals surface area contributed by atoms with E-state index >= 15 is 0 Å². The van der Waals surface area contributed by atoms with Crippen LogP contribution in [0.15, 0.2) is 55.0 Å². The number of carbonyl (C=O) groups excluding carboxylic acids is 1. The largest absolute Gasteiger partial charge is 0.497 e. The molecule has 0 spiro atoms. The molecule has 0 fully saturated rings. The van der Waals surface area contributed by atoms with Gasteiger partial charge in [-0.15, -0.1) is 0 Å². The molecule has 0 saturated heterocycles. The summed E-state index contributed by atoms with van der Waals surface area (Å²) < 4.78 is 7.17. The molecule has 1 amide bonds. The van der Waals surface area contributed by atoms with Crippen molar-refractivity contribution in [3.63, 3.8) is 0 Å². The van der Waals surface area contributed by atoms with Crippen molar-refractivity contribution in [2.24, 2.45) is 5.92 Å². The summed E-state index contributed by atoms with van der Waals surface area (Å²) in [5, 5.41) is 3.96. The Morgan fingerprint density at radius 1 is 1.24 bits per heavy atom. The predicted molar refractivity (Wildman–Crippen MR) is 99.8 cm³/mol. The standard InChI is InChI=1S/C20H23N3O2/c1-14(2)10-19(23-8-4-5-9-23)20(24)22-16-11-15-6-7-17(25-3)12-18(15)21-13-16/h4-9,11-14,19H,10H2,1-3H3,(H,22,24). The van der Waals surface area contributed by atoms with Crippen molar-refractivity contribution >= 4 is 22.5 Å². The maximum absolute atomic E-state index is 12.8. The van der Waals surface area contributed by atoms with Crippen molar-refractivity contribution in [2.45, 2.75) is 26.3 Å². The molecular formula is C20H23N3O2. The lowest BCUT2D eigenvalue weighted by molar-refractivity contribution is -0.119. The van der Waals surface area contributed by atoms with E-state index in [2.05, 4.69) is 24.1 Å². The molecule has 5 heteroatoms. The Kier molecular flexibility index (Phi) is 5.03. The van der Waals surface area contributed by atoms with Crippen molar-refractivity contribution < 1.29 is 9.53 Å². The summed E-state index contributed by atoms with van der Waals surface area (Å²) in [6, 6.07) is 11.3. The van der Waals surface area contributed by atoms with Crippen LogP contribution < -0.4 is 10.1 Å². The van der Waals surface area contributed by atoms with Crippen LogP contribution in [0.3, 0.4) is 0 Å². The SMILES string of the molecule is COc1ccc2cc(NC(=O)C(CC(C)C)n3cccc3)cnc2c1. The number of carbonyl (C=O) groups is 1. The first-order chi connectivity index (χ1) is 12.1. The first kappa shape index (κ1) is 17.0. The second kappa shape index (κ2) is 7.38. The number of hydrogen-bond donors (Lipinski definition) is 1. The molecular weight excluding hydrogens is 314 g/mol. The molecule has 0 aliphatic rings. The van der Waals surface area contributed by atoms with E-state index in [0.29, 0.717) is 11.6 Å². The number of benzene rings is 1. The Labute approximate surface area is 147 Å². The third kappa shape index (κ3) is 3.99. The summed E-state index contributed by atoms with van der Waals surface area (Å²) >= 11 is 0. The van der Waals surface area contributed by atoms with E-state index in [9.17, 15) is 4.79 Å². The quantitative estimate of drug-likeness (QED) is 0.731. The van der Waals surface area contributed by atoms with Gasteiger partial charge in [-0.05, 0) is 42.7 Å². The number of anilines is 1. The van der Waals surface area contributed by atoms with Gasteiger partial charge in [0.25, 0.3) is 0 Å². The summed E-state index contributed by atoms with van der Waals surface area (Å²) in [7, 11) is 1.63. The van der Waals surface area contributed by atoms with Crippen LogP contribution in [0.5, 0.6) is 5.75 Å². The van der Waals surface area contributed by atoms with E-state index in [4.69, 9.17) is 4.74 Å². The van der Waals surface area contributed by atoms with Crippen LogP contribution in [-0.2, 0) is 4.79 Å². The molecule has 130 valence electrons. The molecule has 2 heterocycles. The number of pyridine rings is 1. The fourth-order valence-electron chi connectivity index (χ4n) is 2.89. The lowest BCUT2D eigenvalue weighted by Crippen LogP contribution is -2.26. The normalized spacial score (nSPS) is 12.3. The van der Waals surface area contributed by atoms with Gasteiger partial charge in [0.2, 0.25) is 5.91 Å². The predicted octanol–water partition coefficient (Wildman–Crippen LogP) is 4.27. The monoisotopic (exact) mass is 337 g/mol. The van der Waals surface area contributed by atoms with Crippen LogP contribution in [0.25, 0.3) is 10.9 Å². The zero-order valence-electron chi connectivity index (χ0n) is 14.8. The Hall–Kier alpha value is -2.82. The van der Waals surface area contributed by atoms with Crippen LogP contribution in [0.2, 0.25) is 0 Å². The Bertz CT molecular complexity index is 857. The second-order valence-corrected chi connectivity index (χ2v) is 6.55. The minimum Gasteiger partial charge on any atom is -0.497 e. The summed E-state index contributed by atoms with van der Waals surface area (Å²) in [5.74, 6) is 1.15. The van der Waals surface area contributed by atoms with E-state index in [1.165, 1.54) is 0 Å². The van der Waals surface area contributed by atoms with E-state index in [-0.39, 0.29) is 11.9 Å². The van der Waals surface area contributed by atoms with Gasteiger partial charge in [-0.2, -0.15) is 0 Å². The molecule has 0 saturated carbocycles. The zero-order valence-corrected chi connectivity index (χ0v) is 14.8. The van der Waals surface area contributed by atoms with E-state index in [0.717, 1.165) is 23.1 Å². The lowest BCUT2D eigenvalue weighted by atomic mass is 10.0. The number of aromatic nitrogens is 2. The highest BCUT2D eigenvalue weighted by atomic mass is 16.5. The average molecular weight is 337 g/mol. The number of hydrogen-bond acceptors (Lipinski definition) is 3. The van der Waals surface area contributed by atoms with Crippen molar-refractivity contribution in [1.29, 1.82) is 0 Å². The molecule has 1 unspecified atom stereocenters. The van der Waals surface area contributed by atoms with Crippen molar-refractivity contribution in [2.75, 3.05) is 12.4 Å². The lowest BCUT2D eigenvalue weighted by Gasteiger charge is -2.20. The summed E-state index contributed by atoms with van der Waals surface area (Å²) in [4.78, 5) is 17.2. The average Bonchev–Trinajstić information content (AvgIpc) is 3.13. The third-order valence-corrected chi connectivity index (χ3v) is 4.14. The molecule has 3 rings (SSSR count). The van der Waals surface area contributed by atoms with Gasteiger partial charge in [-0.25, -0.2) is 0 Å². The van der Waals surface area contributed by atoms with Crippen LogP contribution >= 0.6 is 0 Å². The number of rotatable bonds is 6. The first-order valence-corrected chi connectivity index (χ1v) is 8.44. The van der Waals surface area contributed by atoms with Crippen LogP contribution in [-0.4, -0.2) is 22.6 Å². The third-order valence-electron chi connectivity index (χ3n) is 4.14. The van der Waals surface area contributed by atoms with Crippen LogP contribution in [0.4, 0.5) is 5.69 Å². The molecule has 0 radical (unpaired) electrons. The molecule has 5 nitrogen and oxygen atoms in total. The molecule has 1 aromatic carbocycles. The van der Waals surface area contributed by atoms with Gasteiger partial charge >= 0.3 is 0 Å². The number of ether oxygens (including phenoxy) is 1. The Morgan fingerprint density at radius 2 is 2.00 bits per heavy atom. The van der Waals surface area contributed by atoms with E-state index in [1.54, 1.807) is 13.3 Å². The maximum atomic E-state index is 12.8. The molecule has 25 heavy (non-hydrogen) atoms. The molecule has 0 aliphatic carbocycles. The highest BCUT2D eigenvalue weighted by Crippen LogP contribution is 2.24. The number of methoxy groups -OCH3 is 1. The fraction of sp³-hybridized carbons (Fsp3) is 0.300. The summed E-state index contributed by atoms with van der Waals surface area (Å²) in [5.41, 5.74) is 1.53. The smallest absolute Gasteiger partial charge is 0.247 e. The summed E-state index contributed by atoms with van der Waals surface area (Å²) in [6.45, 7) is 4.24. The molecule has 2 aromatic heterocycles. The Morgan fingerprint density at radius 3 is 2.68 bits per heavy atom. The molecule has 0 aliphatic heterocycles. The molecule has 1 atom stereocenters. The first-order valence-electron chi connectivity index (χ1n) is 8.44. The van der Waals surface area contributed by atoms with Crippen molar-refractivity contribution in [3.05, 3.63) is 55.0 Å². The van der Waals surface area contributed by atoms with Gasteiger partial charge in [0.05, 0.1) is 24.5 Å². The van der Waals surface area contributed by atoms with Crippen LogP contribution in [0, 0.1) is 5.92 Å². The minimum absolute atomic E-state index is 0.0282. The molecule has 3 aromatic rings. The van der Waals surface area contributed by atoms with Gasteiger partial charge in [0.1, 0.15) is 11.8 Å². The van der Waals surface area contributed by atoms with Gasteiger partial charge in [0.15, 0.2) is 0 Å². The van der Waals surface area contributed by atoms with Gasteiger partial charge in [-0.3, -0.25) is 9.78 Å². The number of nitrogens with zero attached hydrogens (tertiary/aromatic N) is 2. The topological polar surface area (TPSA) is 56.1 Å². The fourth-order valence-corrected chi connectivity index (χ4v) is 2.89. The summed E-state index contributed by atoms with van der Waals surface area (Å²) in [6.07, 6.45) is 6.32. The number of amides is 1. The number of nitrogens with one attached hydrogen (secondary N) is 1. The van der Waals surface area contributed by atoms with Crippen molar-refractivity contribution in [1.82, 2.24) is 9.55 Å². The van der Waals surface area contributed by atoms with Crippen LogP contribution in [0.1, 0.15) is 26.3 Å². The Balaban J connectivity index is 1.82. The highest BCUT2D eigenvalue weighted by Gasteiger charge is 2.21. The van der Waals surface area contributed by atoms with Gasteiger partial charge < -0.3 is 14.6 Å². The van der Waals surface area contributed by atoms with E-state index in [1.807, 2.05) is 53.4 Å². The van der Waals surface area contributed by atoms with Gasteiger partial charge in [0, 0.05) is 23.8 Å². The molecule has 1 N–H and O–H groups in total. The minimum atomic E-state index is -0.235. The zero-order chi connectivity index (χ0) is 17.8.